The third-order valence-electron chi connectivity index (χ3n) is 4.45. The lowest BCUT2D eigenvalue weighted by Gasteiger charge is -2.16. The van der Waals surface area contributed by atoms with E-state index in [0.29, 0.717) is 39.9 Å². The molecular weight excluding hydrogens is 373 g/mol. The zero-order valence-corrected chi connectivity index (χ0v) is 16.7. The predicted molar refractivity (Wildman–Crippen MR) is 111 cm³/mol. The predicted octanol–water partition coefficient (Wildman–Crippen LogP) is 4.85. The number of anilines is 3. The first-order chi connectivity index (χ1) is 13.9. The van der Waals surface area contributed by atoms with Crippen LogP contribution in [0.5, 0.6) is 11.6 Å². The van der Waals surface area contributed by atoms with E-state index in [1.54, 1.807) is 57.4 Å². The molecule has 2 N–H and O–H groups in total. The number of halogens is 1. The van der Waals surface area contributed by atoms with Crippen LogP contribution in [0, 0.1) is 19.7 Å². The maximum Gasteiger partial charge on any atom is 0.257 e. The molecule has 3 aromatic rings. The second-order valence-electron chi connectivity index (χ2n) is 6.44. The maximum atomic E-state index is 13.4. The Labute approximate surface area is 168 Å². The number of methoxy groups -OCH3 is 2. The quantitative estimate of drug-likeness (QED) is 0.624. The fourth-order valence-corrected chi connectivity index (χ4v) is 2.84. The summed E-state index contributed by atoms with van der Waals surface area (Å²) in [4.78, 5) is 17.2. The summed E-state index contributed by atoms with van der Waals surface area (Å²) in [6.45, 7) is 3.57. The number of aromatic nitrogens is 1. The van der Waals surface area contributed by atoms with E-state index >= 15 is 0 Å². The summed E-state index contributed by atoms with van der Waals surface area (Å²) < 4.78 is 23.8. The van der Waals surface area contributed by atoms with Gasteiger partial charge in [0.05, 0.1) is 36.9 Å². The first kappa shape index (κ1) is 20.1. The molecule has 1 amide bonds. The SMILES string of the molecule is COc1ccc(C(=O)Nc2ccc(OC)nc2C)c(Nc2ccc(F)cc2C)c1. The number of hydrogen-bond donors (Lipinski definition) is 2. The van der Waals surface area contributed by atoms with Crippen molar-refractivity contribution < 1.29 is 18.7 Å². The molecule has 0 saturated carbocycles. The lowest BCUT2D eigenvalue weighted by atomic mass is 10.1. The number of benzene rings is 2. The Morgan fingerprint density at radius 3 is 2.34 bits per heavy atom. The van der Waals surface area contributed by atoms with Gasteiger partial charge in [0.25, 0.3) is 5.91 Å². The van der Waals surface area contributed by atoms with Crippen LogP contribution in [0.4, 0.5) is 21.5 Å². The van der Waals surface area contributed by atoms with Gasteiger partial charge in [-0.25, -0.2) is 9.37 Å². The van der Waals surface area contributed by atoms with Crippen LogP contribution in [0.25, 0.3) is 0 Å². The monoisotopic (exact) mass is 395 g/mol. The number of nitrogens with one attached hydrogen (secondary N) is 2. The van der Waals surface area contributed by atoms with E-state index in [1.807, 2.05) is 0 Å². The van der Waals surface area contributed by atoms with Gasteiger partial charge in [-0.15, -0.1) is 0 Å². The Morgan fingerprint density at radius 1 is 0.931 bits per heavy atom. The lowest BCUT2D eigenvalue weighted by molar-refractivity contribution is 0.102. The number of nitrogens with zero attached hydrogens (tertiary/aromatic N) is 1. The number of carbonyl (C=O) groups is 1. The van der Waals surface area contributed by atoms with Gasteiger partial charge in [0, 0.05) is 17.8 Å². The largest absolute Gasteiger partial charge is 0.497 e. The molecular formula is C22H22FN3O3. The molecule has 3 rings (SSSR count). The molecule has 1 aromatic heterocycles. The molecule has 0 atom stereocenters. The summed E-state index contributed by atoms with van der Waals surface area (Å²) in [6, 6.07) is 12.9. The summed E-state index contributed by atoms with van der Waals surface area (Å²) in [5.41, 5.74) is 3.57. The van der Waals surface area contributed by atoms with Crippen molar-refractivity contribution in [2.45, 2.75) is 13.8 Å². The molecule has 0 bridgehead atoms. The highest BCUT2D eigenvalue weighted by atomic mass is 19.1. The van der Waals surface area contributed by atoms with E-state index in [1.165, 1.54) is 19.2 Å². The standard InChI is InChI=1S/C22H22FN3O3/c1-13-11-15(23)5-8-18(13)25-20-12-16(28-3)6-7-17(20)22(27)26-19-9-10-21(29-4)24-14(19)2/h5-12,25H,1-4H3,(H,26,27). The van der Waals surface area contributed by atoms with Crippen molar-refractivity contribution in [3.8, 4) is 11.6 Å². The normalized spacial score (nSPS) is 10.4. The van der Waals surface area contributed by atoms with Gasteiger partial charge in [-0.3, -0.25) is 4.79 Å². The Bertz CT molecular complexity index is 1050. The molecule has 0 spiro atoms. The average molecular weight is 395 g/mol. The number of aryl methyl sites for hydroxylation is 2. The zero-order valence-electron chi connectivity index (χ0n) is 16.7. The molecule has 29 heavy (non-hydrogen) atoms. The summed E-state index contributed by atoms with van der Waals surface area (Å²) >= 11 is 0. The van der Waals surface area contributed by atoms with Crippen LogP contribution in [0.3, 0.4) is 0 Å². The number of amides is 1. The van der Waals surface area contributed by atoms with Crippen LogP contribution in [-0.4, -0.2) is 25.1 Å². The summed E-state index contributed by atoms with van der Waals surface area (Å²) in [6.07, 6.45) is 0. The van der Waals surface area contributed by atoms with E-state index in [0.717, 1.165) is 5.56 Å². The Hall–Kier alpha value is -3.61. The molecule has 0 aliphatic heterocycles. The van der Waals surface area contributed by atoms with E-state index < -0.39 is 0 Å². The highest BCUT2D eigenvalue weighted by Gasteiger charge is 2.15. The van der Waals surface area contributed by atoms with Crippen molar-refractivity contribution >= 4 is 23.0 Å². The molecule has 0 fully saturated rings. The molecule has 7 heteroatoms. The van der Waals surface area contributed by atoms with Crippen molar-refractivity contribution in [2.75, 3.05) is 24.9 Å². The zero-order chi connectivity index (χ0) is 21.0. The fraction of sp³-hybridized carbons (Fsp3) is 0.182. The minimum absolute atomic E-state index is 0.315. The third-order valence-corrected chi connectivity index (χ3v) is 4.45. The number of carbonyl (C=O) groups excluding carboxylic acids is 1. The summed E-state index contributed by atoms with van der Waals surface area (Å²) in [5, 5.41) is 6.07. The average Bonchev–Trinajstić information content (AvgIpc) is 2.71. The molecule has 0 unspecified atom stereocenters. The molecule has 150 valence electrons. The van der Waals surface area contributed by atoms with E-state index in [4.69, 9.17) is 9.47 Å². The lowest BCUT2D eigenvalue weighted by Crippen LogP contribution is -2.15. The fourth-order valence-electron chi connectivity index (χ4n) is 2.84. The molecule has 2 aromatic carbocycles. The van der Waals surface area contributed by atoms with Gasteiger partial charge >= 0.3 is 0 Å². The van der Waals surface area contributed by atoms with Crippen LogP contribution in [0.15, 0.2) is 48.5 Å². The topological polar surface area (TPSA) is 72.5 Å². The van der Waals surface area contributed by atoms with Gasteiger partial charge < -0.3 is 20.1 Å². The highest BCUT2D eigenvalue weighted by molar-refractivity contribution is 6.08. The molecule has 0 saturated heterocycles. The summed E-state index contributed by atoms with van der Waals surface area (Å²) in [5.74, 6) is 0.425. The van der Waals surface area contributed by atoms with Gasteiger partial charge in [0.2, 0.25) is 5.88 Å². The number of hydrogen-bond acceptors (Lipinski definition) is 5. The van der Waals surface area contributed by atoms with Gasteiger partial charge in [-0.2, -0.15) is 0 Å². The number of pyridine rings is 1. The van der Waals surface area contributed by atoms with Gasteiger partial charge in [-0.05, 0) is 55.8 Å². The van der Waals surface area contributed by atoms with Crippen LogP contribution in [0.1, 0.15) is 21.6 Å². The van der Waals surface area contributed by atoms with E-state index in [9.17, 15) is 9.18 Å². The van der Waals surface area contributed by atoms with E-state index in [2.05, 4.69) is 15.6 Å². The van der Waals surface area contributed by atoms with Crippen LogP contribution in [0.2, 0.25) is 0 Å². The van der Waals surface area contributed by atoms with Crippen molar-refractivity contribution in [3.05, 3.63) is 71.2 Å². The molecule has 6 nitrogen and oxygen atoms in total. The highest BCUT2D eigenvalue weighted by Crippen LogP contribution is 2.29. The Kier molecular flexibility index (Phi) is 5.97. The molecule has 0 radical (unpaired) electrons. The van der Waals surface area contributed by atoms with Crippen molar-refractivity contribution in [3.63, 3.8) is 0 Å². The molecule has 0 aliphatic carbocycles. The van der Waals surface area contributed by atoms with Crippen LogP contribution >= 0.6 is 0 Å². The minimum Gasteiger partial charge on any atom is -0.497 e. The Balaban J connectivity index is 1.93. The number of rotatable bonds is 6. The smallest absolute Gasteiger partial charge is 0.257 e. The molecule has 0 aliphatic rings. The first-order valence-electron chi connectivity index (χ1n) is 8.95. The van der Waals surface area contributed by atoms with Crippen LogP contribution < -0.4 is 20.1 Å². The van der Waals surface area contributed by atoms with E-state index in [-0.39, 0.29) is 11.7 Å². The number of ether oxygens (including phenoxy) is 2. The molecule has 1 heterocycles. The van der Waals surface area contributed by atoms with Crippen molar-refractivity contribution in [1.82, 2.24) is 4.98 Å². The maximum absolute atomic E-state index is 13.4. The van der Waals surface area contributed by atoms with Gasteiger partial charge in [0.15, 0.2) is 0 Å². The Morgan fingerprint density at radius 2 is 1.69 bits per heavy atom. The van der Waals surface area contributed by atoms with Gasteiger partial charge in [-0.1, -0.05) is 0 Å². The minimum atomic E-state index is -0.320. The van der Waals surface area contributed by atoms with Crippen LogP contribution in [-0.2, 0) is 0 Å². The second-order valence-corrected chi connectivity index (χ2v) is 6.44. The third kappa shape index (κ3) is 4.63. The first-order valence-corrected chi connectivity index (χ1v) is 8.95. The van der Waals surface area contributed by atoms with Crippen molar-refractivity contribution in [1.29, 1.82) is 0 Å². The summed E-state index contributed by atoms with van der Waals surface area (Å²) in [7, 11) is 3.08. The second kappa shape index (κ2) is 8.60. The van der Waals surface area contributed by atoms with Gasteiger partial charge in [0.1, 0.15) is 11.6 Å². The van der Waals surface area contributed by atoms with Crippen molar-refractivity contribution in [2.24, 2.45) is 0 Å².